The largest absolute Gasteiger partial charge is 0.497 e. The molecule has 0 aliphatic carbocycles. The molecule has 252 valence electrons. The first-order valence-corrected chi connectivity index (χ1v) is 16.6. The van der Waals surface area contributed by atoms with Crippen molar-refractivity contribution in [3.63, 3.8) is 0 Å². The zero-order valence-electron chi connectivity index (χ0n) is 28.7. The second-order valence-corrected chi connectivity index (χ2v) is 11.8. The summed E-state index contributed by atoms with van der Waals surface area (Å²) >= 11 is 0. The predicted octanol–water partition coefficient (Wildman–Crippen LogP) is 10.5. The number of rotatable bonds is 24. The van der Waals surface area contributed by atoms with Crippen LogP contribution in [0.3, 0.4) is 0 Å². The number of halogens is 1. The third-order valence-corrected chi connectivity index (χ3v) is 8.71. The third-order valence-electron chi connectivity index (χ3n) is 8.71. The van der Waals surface area contributed by atoms with Gasteiger partial charge < -0.3 is 18.9 Å². The Morgan fingerprint density at radius 2 is 1.36 bits per heavy atom. The van der Waals surface area contributed by atoms with E-state index in [1.807, 2.05) is 24.3 Å². The number of hydrogen-bond acceptors (Lipinski definition) is 7. The Morgan fingerprint density at radius 1 is 0.756 bits per heavy atom. The summed E-state index contributed by atoms with van der Waals surface area (Å²) < 4.78 is 22.3. The molecule has 7 nitrogen and oxygen atoms in total. The van der Waals surface area contributed by atoms with Gasteiger partial charge in [-0.25, -0.2) is 0 Å². The Balaban J connectivity index is 0.0000101. The van der Waals surface area contributed by atoms with Gasteiger partial charge in [-0.15, -0.1) is 12.4 Å². The van der Waals surface area contributed by atoms with E-state index in [-0.39, 0.29) is 18.4 Å². The van der Waals surface area contributed by atoms with Gasteiger partial charge in [-0.05, 0) is 73.9 Å². The Kier molecular flexibility index (Phi) is 20.8. The summed E-state index contributed by atoms with van der Waals surface area (Å²) in [6, 6.07) is 15.0. The quantitative estimate of drug-likeness (QED) is 0.0839. The first kappa shape index (κ1) is 40.0. The van der Waals surface area contributed by atoms with Crippen LogP contribution in [0.25, 0.3) is 0 Å². The minimum atomic E-state index is -0.659. The molecule has 2 aromatic rings. The smallest absolute Gasteiger partial charge is 0.203 e. The van der Waals surface area contributed by atoms with Gasteiger partial charge in [0.25, 0.3) is 0 Å². The molecule has 2 aromatic carbocycles. The maximum atomic E-state index is 10.8. The SMILES string of the molecule is CCCCCCCCCCCCC(C#N)(CCCC(CCc1cccc(OC)c1)/N=N/C)c1cc(OC)c(OC)c(OC)c1.Cl. The molecular formula is C37H58ClN3O4. The van der Waals surface area contributed by atoms with E-state index in [0.29, 0.717) is 17.2 Å². The van der Waals surface area contributed by atoms with E-state index in [1.165, 1.54) is 56.9 Å². The maximum Gasteiger partial charge on any atom is 0.203 e. The van der Waals surface area contributed by atoms with Gasteiger partial charge in [0.15, 0.2) is 11.5 Å². The second kappa shape index (κ2) is 23.4. The second-order valence-electron chi connectivity index (χ2n) is 11.8. The Morgan fingerprint density at radius 3 is 1.89 bits per heavy atom. The van der Waals surface area contributed by atoms with Crippen molar-refractivity contribution < 1.29 is 18.9 Å². The molecule has 0 aliphatic rings. The lowest BCUT2D eigenvalue weighted by Crippen LogP contribution is -2.25. The van der Waals surface area contributed by atoms with E-state index in [2.05, 4.69) is 35.4 Å². The summed E-state index contributed by atoms with van der Waals surface area (Å²) in [7, 11) is 8.28. The van der Waals surface area contributed by atoms with Gasteiger partial charge in [-0.1, -0.05) is 83.3 Å². The van der Waals surface area contributed by atoms with Gasteiger partial charge in [0.1, 0.15) is 5.75 Å². The van der Waals surface area contributed by atoms with Crippen LogP contribution < -0.4 is 18.9 Å². The molecule has 0 N–H and O–H groups in total. The fraction of sp³-hybridized carbons (Fsp3) is 0.649. The Hall–Kier alpha value is -2.98. The summed E-state index contributed by atoms with van der Waals surface area (Å²) in [4.78, 5) is 0. The number of ether oxygens (including phenoxy) is 4. The predicted molar refractivity (Wildman–Crippen MR) is 187 cm³/mol. The molecule has 0 bridgehead atoms. The van der Waals surface area contributed by atoms with Gasteiger partial charge in [0.2, 0.25) is 5.75 Å². The number of unbranched alkanes of at least 4 members (excludes halogenated alkanes) is 9. The zero-order valence-corrected chi connectivity index (χ0v) is 29.6. The van der Waals surface area contributed by atoms with Crippen molar-refractivity contribution in [2.45, 2.75) is 121 Å². The highest BCUT2D eigenvalue weighted by Gasteiger charge is 2.34. The van der Waals surface area contributed by atoms with Crippen LogP contribution in [0.4, 0.5) is 0 Å². The summed E-state index contributed by atoms with van der Waals surface area (Å²) in [6.45, 7) is 2.26. The van der Waals surface area contributed by atoms with E-state index in [0.717, 1.165) is 62.7 Å². The first-order valence-electron chi connectivity index (χ1n) is 16.6. The molecule has 45 heavy (non-hydrogen) atoms. The minimum Gasteiger partial charge on any atom is -0.497 e. The van der Waals surface area contributed by atoms with Crippen LogP contribution in [-0.4, -0.2) is 41.5 Å². The van der Waals surface area contributed by atoms with Crippen molar-refractivity contribution >= 4 is 12.4 Å². The fourth-order valence-electron chi connectivity index (χ4n) is 6.09. The average Bonchev–Trinajstić information content (AvgIpc) is 3.06. The number of nitrogens with zero attached hydrogens (tertiary/aromatic N) is 3. The van der Waals surface area contributed by atoms with Crippen LogP contribution in [-0.2, 0) is 11.8 Å². The van der Waals surface area contributed by atoms with Crippen molar-refractivity contribution in [1.82, 2.24) is 0 Å². The number of aryl methyl sites for hydroxylation is 1. The summed E-state index contributed by atoms with van der Waals surface area (Å²) in [5.41, 5.74) is 1.49. The monoisotopic (exact) mass is 643 g/mol. The highest BCUT2D eigenvalue weighted by atomic mass is 35.5. The summed E-state index contributed by atoms with van der Waals surface area (Å²) in [6.07, 6.45) is 17.7. The molecule has 2 unspecified atom stereocenters. The molecule has 0 saturated carbocycles. The minimum absolute atomic E-state index is 0. The number of azo groups is 1. The molecule has 0 spiro atoms. The van der Waals surface area contributed by atoms with Crippen LogP contribution in [0, 0.1) is 11.3 Å². The van der Waals surface area contributed by atoms with Crippen LogP contribution in [0.5, 0.6) is 23.0 Å². The molecule has 2 atom stereocenters. The van der Waals surface area contributed by atoms with Gasteiger partial charge in [0.05, 0.1) is 46.0 Å². The lowest BCUT2D eigenvalue weighted by atomic mass is 9.73. The summed E-state index contributed by atoms with van der Waals surface area (Å²) in [5.74, 6) is 2.58. The normalized spacial score (nSPS) is 13.0. The van der Waals surface area contributed by atoms with Gasteiger partial charge >= 0.3 is 0 Å². The highest BCUT2D eigenvalue weighted by Crippen LogP contribution is 2.44. The molecule has 0 fully saturated rings. The molecule has 0 heterocycles. The van der Waals surface area contributed by atoms with E-state index in [9.17, 15) is 5.26 Å². The van der Waals surface area contributed by atoms with Crippen LogP contribution >= 0.6 is 12.4 Å². The maximum absolute atomic E-state index is 10.8. The first-order chi connectivity index (χ1) is 21.5. The van der Waals surface area contributed by atoms with Crippen LogP contribution in [0.2, 0.25) is 0 Å². The number of methoxy groups -OCH3 is 4. The third kappa shape index (κ3) is 13.5. The van der Waals surface area contributed by atoms with E-state index in [1.54, 1.807) is 35.5 Å². The number of benzene rings is 2. The van der Waals surface area contributed by atoms with Crippen LogP contribution in [0.1, 0.15) is 114 Å². The van der Waals surface area contributed by atoms with E-state index in [4.69, 9.17) is 18.9 Å². The molecule has 0 saturated heterocycles. The molecule has 0 aromatic heterocycles. The Bertz CT molecular complexity index is 1130. The number of nitriles is 1. The van der Waals surface area contributed by atoms with Crippen molar-refractivity contribution in [3.05, 3.63) is 47.5 Å². The van der Waals surface area contributed by atoms with Gasteiger partial charge in [0, 0.05) is 7.05 Å². The standard InChI is InChI=1S/C37H57N3O4.ClH/c1-7-8-9-10-11-12-13-14-15-16-24-37(29-38,31-27-34(42-4)36(44-6)35(28-31)43-5)25-18-20-32(40-39-2)23-22-30-19-17-21-33(26-30)41-3;/h17,19,21,26-28,32H,7-16,18,20,22-25H2,1-6H3;1H/b40-39+;. The van der Waals surface area contributed by atoms with E-state index < -0.39 is 5.41 Å². The van der Waals surface area contributed by atoms with Crippen molar-refractivity contribution in [1.29, 1.82) is 5.26 Å². The van der Waals surface area contributed by atoms with Gasteiger partial charge in [-0.2, -0.15) is 15.5 Å². The fourth-order valence-corrected chi connectivity index (χ4v) is 6.09. The van der Waals surface area contributed by atoms with Crippen molar-refractivity contribution in [2.24, 2.45) is 10.2 Å². The van der Waals surface area contributed by atoms with Crippen molar-refractivity contribution in [2.75, 3.05) is 35.5 Å². The summed E-state index contributed by atoms with van der Waals surface area (Å²) in [5, 5.41) is 19.5. The topological polar surface area (TPSA) is 85.4 Å². The number of hydrogen-bond donors (Lipinski definition) is 0. The van der Waals surface area contributed by atoms with E-state index >= 15 is 0 Å². The molecule has 0 aliphatic heterocycles. The van der Waals surface area contributed by atoms with Gasteiger partial charge in [-0.3, -0.25) is 0 Å². The lowest BCUT2D eigenvalue weighted by Gasteiger charge is -2.29. The van der Waals surface area contributed by atoms with Crippen LogP contribution in [0.15, 0.2) is 46.6 Å². The molecule has 2 rings (SSSR count). The molecular weight excluding hydrogens is 586 g/mol. The molecule has 8 heteroatoms. The Labute approximate surface area is 279 Å². The molecule has 0 amide bonds. The average molecular weight is 644 g/mol. The zero-order chi connectivity index (χ0) is 32.0. The van der Waals surface area contributed by atoms with Crippen molar-refractivity contribution in [3.8, 4) is 29.1 Å². The molecule has 0 radical (unpaired) electrons. The highest BCUT2D eigenvalue weighted by molar-refractivity contribution is 5.85. The lowest BCUT2D eigenvalue weighted by molar-refractivity contribution is 0.321.